The smallest absolute Gasteiger partial charge is 0.278 e. The maximum atomic E-state index is 13.1. The monoisotopic (exact) mass is 433 g/mol. The van der Waals surface area contributed by atoms with E-state index in [2.05, 4.69) is 29.3 Å². The van der Waals surface area contributed by atoms with Crippen molar-refractivity contribution in [2.24, 2.45) is 5.92 Å². The first-order chi connectivity index (χ1) is 15.5. The Morgan fingerprint density at radius 1 is 0.969 bits per heavy atom. The number of amides is 2. The molecular weight excluding hydrogens is 402 g/mol. The van der Waals surface area contributed by atoms with Gasteiger partial charge in [-0.3, -0.25) is 14.5 Å². The van der Waals surface area contributed by atoms with Crippen LogP contribution in [0.2, 0.25) is 0 Å². The molecule has 0 spiro atoms. The Morgan fingerprint density at radius 3 is 2.22 bits per heavy atom. The van der Waals surface area contributed by atoms with Gasteiger partial charge >= 0.3 is 0 Å². The minimum Gasteiger partial charge on any atom is -0.497 e. The highest BCUT2D eigenvalue weighted by Crippen LogP contribution is 2.32. The Bertz CT molecular complexity index is 1000. The summed E-state index contributed by atoms with van der Waals surface area (Å²) < 4.78 is 5.23. The summed E-state index contributed by atoms with van der Waals surface area (Å²) >= 11 is 0. The number of nitrogens with one attached hydrogen (secondary N) is 1. The van der Waals surface area contributed by atoms with Gasteiger partial charge in [-0.05, 0) is 67.1 Å². The predicted octanol–water partition coefficient (Wildman–Crippen LogP) is 4.53. The number of ether oxygens (including phenoxy) is 1. The van der Waals surface area contributed by atoms with Crippen LogP contribution in [0.4, 0.5) is 11.4 Å². The van der Waals surface area contributed by atoms with Crippen molar-refractivity contribution in [3.63, 3.8) is 0 Å². The second-order valence-corrected chi connectivity index (χ2v) is 8.58. The summed E-state index contributed by atoms with van der Waals surface area (Å²) in [7, 11) is 1.60. The zero-order valence-electron chi connectivity index (χ0n) is 19.1. The third-order valence-corrected chi connectivity index (χ3v) is 6.28. The maximum Gasteiger partial charge on any atom is 0.278 e. The Balaban J connectivity index is 1.61. The van der Waals surface area contributed by atoms with Crippen molar-refractivity contribution >= 4 is 28.8 Å². The first-order valence-electron chi connectivity index (χ1n) is 11.4. The molecule has 32 heavy (non-hydrogen) atoms. The number of anilines is 2. The highest BCUT2D eigenvalue weighted by atomic mass is 16.5. The van der Waals surface area contributed by atoms with Crippen molar-refractivity contribution in [2.45, 2.75) is 33.1 Å². The third kappa shape index (κ3) is 4.35. The summed E-state index contributed by atoms with van der Waals surface area (Å²) in [6.45, 7) is 6.80. The Hall–Kier alpha value is -3.28. The van der Waals surface area contributed by atoms with Gasteiger partial charge in [0.25, 0.3) is 11.8 Å². The average molecular weight is 434 g/mol. The third-order valence-electron chi connectivity index (χ3n) is 6.28. The standard InChI is InChI=1S/C26H31N3O3/c1-4-15-29-25(30)23(19-5-11-22(32-3)12-6-19)24(26(29)31)27-20-7-9-21(10-8-20)28-16-13-18(2)14-17-28/h5-12,18,27H,4,13-17H2,1-3H3. The van der Waals surface area contributed by atoms with Crippen molar-refractivity contribution in [3.8, 4) is 5.75 Å². The van der Waals surface area contributed by atoms with E-state index >= 15 is 0 Å². The maximum absolute atomic E-state index is 13.1. The molecule has 0 bridgehead atoms. The van der Waals surface area contributed by atoms with Crippen LogP contribution in [0.5, 0.6) is 5.75 Å². The molecule has 168 valence electrons. The molecule has 2 aliphatic rings. The second-order valence-electron chi connectivity index (χ2n) is 8.58. The number of carbonyl (C=O) groups is 2. The Labute approximate surface area is 189 Å². The Kier molecular flexibility index (Phi) is 6.49. The lowest BCUT2D eigenvalue weighted by atomic mass is 9.99. The SMILES string of the molecule is CCCN1C(=O)C(Nc2ccc(N3CCC(C)CC3)cc2)=C(c2ccc(OC)cc2)C1=O. The van der Waals surface area contributed by atoms with Crippen LogP contribution in [0.15, 0.2) is 54.2 Å². The van der Waals surface area contributed by atoms with E-state index in [-0.39, 0.29) is 11.8 Å². The molecule has 2 heterocycles. The minimum atomic E-state index is -0.281. The fourth-order valence-corrected chi connectivity index (χ4v) is 4.31. The second kappa shape index (κ2) is 9.47. The van der Waals surface area contributed by atoms with Gasteiger partial charge in [-0.1, -0.05) is 26.0 Å². The van der Waals surface area contributed by atoms with E-state index in [1.54, 1.807) is 19.2 Å². The van der Waals surface area contributed by atoms with Gasteiger partial charge in [0, 0.05) is 31.0 Å². The molecule has 2 aliphatic heterocycles. The van der Waals surface area contributed by atoms with Crippen molar-refractivity contribution < 1.29 is 14.3 Å². The van der Waals surface area contributed by atoms with Crippen molar-refractivity contribution in [3.05, 3.63) is 59.8 Å². The molecule has 1 saturated heterocycles. The van der Waals surface area contributed by atoms with E-state index in [0.717, 1.165) is 24.7 Å². The molecule has 2 aromatic carbocycles. The molecule has 0 atom stereocenters. The summed E-state index contributed by atoms with van der Waals surface area (Å²) in [6.07, 6.45) is 3.13. The lowest BCUT2D eigenvalue weighted by Gasteiger charge is -2.32. The first kappa shape index (κ1) is 21.9. The Morgan fingerprint density at radius 2 is 1.62 bits per heavy atom. The van der Waals surface area contributed by atoms with Gasteiger partial charge in [0.2, 0.25) is 0 Å². The zero-order chi connectivity index (χ0) is 22.7. The number of imide groups is 1. The van der Waals surface area contributed by atoms with E-state index in [9.17, 15) is 9.59 Å². The molecule has 0 unspecified atom stereocenters. The molecular formula is C26H31N3O3. The molecule has 1 N–H and O–H groups in total. The van der Waals surface area contributed by atoms with Gasteiger partial charge in [-0.2, -0.15) is 0 Å². The van der Waals surface area contributed by atoms with Gasteiger partial charge in [0.05, 0.1) is 12.7 Å². The van der Waals surface area contributed by atoms with Crippen molar-refractivity contribution in [1.29, 1.82) is 0 Å². The predicted molar refractivity (Wildman–Crippen MR) is 128 cm³/mol. The number of benzene rings is 2. The average Bonchev–Trinajstić information content (AvgIpc) is 3.05. The molecule has 2 amide bonds. The molecule has 6 heteroatoms. The highest BCUT2D eigenvalue weighted by molar-refractivity contribution is 6.36. The van der Waals surface area contributed by atoms with Crippen LogP contribution < -0.4 is 15.0 Å². The molecule has 0 aliphatic carbocycles. The van der Waals surface area contributed by atoms with E-state index < -0.39 is 0 Å². The van der Waals surface area contributed by atoms with Gasteiger partial charge in [0.1, 0.15) is 11.4 Å². The largest absolute Gasteiger partial charge is 0.497 e. The summed E-state index contributed by atoms with van der Waals surface area (Å²) in [5.74, 6) is 0.946. The van der Waals surface area contributed by atoms with Crippen molar-refractivity contribution in [1.82, 2.24) is 4.90 Å². The molecule has 0 saturated carbocycles. The fraction of sp³-hybridized carbons (Fsp3) is 0.385. The normalized spacial score (nSPS) is 17.3. The van der Waals surface area contributed by atoms with Crippen LogP contribution in [-0.2, 0) is 9.59 Å². The summed E-state index contributed by atoms with van der Waals surface area (Å²) in [5, 5.41) is 3.24. The molecule has 0 aromatic heterocycles. The highest BCUT2D eigenvalue weighted by Gasteiger charge is 2.38. The van der Waals surface area contributed by atoms with E-state index in [0.29, 0.717) is 35.5 Å². The molecule has 1 fully saturated rings. The van der Waals surface area contributed by atoms with E-state index in [1.165, 1.54) is 23.4 Å². The van der Waals surface area contributed by atoms with Crippen LogP contribution in [0.1, 0.15) is 38.7 Å². The van der Waals surface area contributed by atoms with Crippen LogP contribution in [-0.4, -0.2) is 43.5 Å². The molecule has 2 aromatic rings. The number of hydrogen-bond donors (Lipinski definition) is 1. The number of rotatable bonds is 7. The number of nitrogens with zero attached hydrogens (tertiary/aromatic N) is 2. The van der Waals surface area contributed by atoms with Crippen LogP contribution in [0.3, 0.4) is 0 Å². The lowest BCUT2D eigenvalue weighted by Crippen LogP contribution is -2.33. The summed E-state index contributed by atoms with van der Waals surface area (Å²) in [6, 6.07) is 15.4. The lowest BCUT2D eigenvalue weighted by molar-refractivity contribution is -0.136. The van der Waals surface area contributed by atoms with Crippen LogP contribution in [0.25, 0.3) is 5.57 Å². The number of methoxy groups -OCH3 is 1. The van der Waals surface area contributed by atoms with Gasteiger partial charge in [-0.25, -0.2) is 0 Å². The minimum absolute atomic E-state index is 0.261. The van der Waals surface area contributed by atoms with E-state index in [4.69, 9.17) is 4.74 Å². The number of carbonyl (C=O) groups excluding carboxylic acids is 2. The quantitative estimate of drug-likeness (QED) is 0.650. The molecule has 0 radical (unpaired) electrons. The fourth-order valence-electron chi connectivity index (χ4n) is 4.31. The van der Waals surface area contributed by atoms with Crippen LogP contribution >= 0.6 is 0 Å². The van der Waals surface area contributed by atoms with E-state index in [1.807, 2.05) is 31.2 Å². The topological polar surface area (TPSA) is 61.9 Å². The van der Waals surface area contributed by atoms with Gasteiger partial charge in [0.15, 0.2) is 0 Å². The van der Waals surface area contributed by atoms with Crippen LogP contribution in [0, 0.1) is 5.92 Å². The number of piperidine rings is 1. The van der Waals surface area contributed by atoms with Gasteiger partial charge < -0.3 is 15.0 Å². The van der Waals surface area contributed by atoms with Gasteiger partial charge in [-0.15, -0.1) is 0 Å². The van der Waals surface area contributed by atoms with Crippen molar-refractivity contribution in [2.75, 3.05) is 37.0 Å². The summed E-state index contributed by atoms with van der Waals surface area (Å²) in [4.78, 5) is 30.0. The zero-order valence-corrected chi connectivity index (χ0v) is 19.1. The first-order valence-corrected chi connectivity index (χ1v) is 11.4. The summed E-state index contributed by atoms with van der Waals surface area (Å²) in [5.41, 5.74) is 3.41. The molecule has 4 rings (SSSR count). The molecule has 6 nitrogen and oxygen atoms in total. The number of hydrogen-bond acceptors (Lipinski definition) is 5.